The lowest BCUT2D eigenvalue weighted by molar-refractivity contribution is -0.132. The summed E-state index contributed by atoms with van der Waals surface area (Å²) in [5.74, 6) is -0.544. The van der Waals surface area contributed by atoms with E-state index >= 15 is 0 Å². The normalized spacial score (nSPS) is 15.8. The van der Waals surface area contributed by atoms with Crippen molar-refractivity contribution in [3.63, 3.8) is 0 Å². The summed E-state index contributed by atoms with van der Waals surface area (Å²) in [5.41, 5.74) is 0.538. The van der Waals surface area contributed by atoms with Crippen LogP contribution in [0.5, 0.6) is 0 Å². The van der Waals surface area contributed by atoms with Gasteiger partial charge in [-0.05, 0) is 30.8 Å². The Kier molecular flexibility index (Phi) is 6.55. The maximum atomic E-state index is 12.4. The first-order valence-corrected chi connectivity index (χ1v) is 10.1. The van der Waals surface area contributed by atoms with Crippen molar-refractivity contribution in [3.05, 3.63) is 24.3 Å². The Morgan fingerprint density at radius 2 is 1.68 bits per heavy atom. The first kappa shape index (κ1) is 19.4. The number of hydrogen-bond acceptors (Lipinski definition) is 5. The third-order valence-corrected chi connectivity index (χ3v) is 6.02. The van der Waals surface area contributed by atoms with E-state index in [4.69, 9.17) is 0 Å². The first-order valence-electron chi connectivity index (χ1n) is 8.42. The molecule has 0 unspecified atom stereocenters. The second-order valence-corrected chi connectivity index (χ2v) is 8.20. The summed E-state index contributed by atoms with van der Waals surface area (Å²) in [5, 5.41) is 2.59. The van der Waals surface area contributed by atoms with Crippen molar-refractivity contribution < 1.29 is 18.0 Å². The fourth-order valence-electron chi connectivity index (χ4n) is 2.76. The third-order valence-electron chi connectivity index (χ3n) is 4.29. The van der Waals surface area contributed by atoms with Gasteiger partial charge in [0.25, 0.3) is 0 Å². The molecule has 0 atom stereocenters. The van der Waals surface area contributed by atoms with Gasteiger partial charge in [0.05, 0.1) is 10.6 Å². The van der Waals surface area contributed by atoms with E-state index in [0.29, 0.717) is 18.8 Å². The van der Waals surface area contributed by atoms with Crippen LogP contribution in [0.4, 0.5) is 5.69 Å². The maximum absolute atomic E-state index is 12.4. The lowest BCUT2D eigenvalue weighted by atomic mass is 10.3. The summed E-state index contributed by atoms with van der Waals surface area (Å²) in [4.78, 5) is 27.4. The fraction of sp³-hybridized carbons (Fsp3) is 0.529. The lowest BCUT2D eigenvalue weighted by Crippen LogP contribution is -2.48. The van der Waals surface area contributed by atoms with E-state index in [1.165, 1.54) is 19.1 Å². The van der Waals surface area contributed by atoms with Crippen molar-refractivity contribution in [2.75, 3.05) is 43.8 Å². The SMILES string of the molecule is CCN1CCN(C(=O)CCS(=O)(=O)c2ccc(NC(C)=O)cc2)CC1. The second-order valence-electron chi connectivity index (χ2n) is 6.09. The predicted octanol–water partition coefficient (Wildman–Crippen LogP) is 0.973. The molecule has 0 aliphatic carbocycles. The molecule has 0 aromatic heterocycles. The van der Waals surface area contributed by atoms with Crippen LogP contribution in [-0.4, -0.2) is 68.5 Å². The number of likely N-dealkylation sites (N-methyl/N-ethyl adjacent to an activating group) is 1. The molecule has 1 aliphatic heterocycles. The number of sulfone groups is 1. The highest BCUT2D eigenvalue weighted by molar-refractivity contribution is 7.91. The topological polar surface area (TPSA) is 86.8 Å². The minimum Gasteiger partial charge on any atom is -0.340 e. The van der Waals surface area contributed by atoms with E-state index in [-0.39, 0.29) is 28.9 Å². The second kappa shape index (κ2) is 8.44. The van der Waals surface area contributed by atoms with E-state index in [1.807, 2.05) is 0 Å². The van der Waals surface area contributed by atoms with Crippen molar-refractivity contribution >= 4 is 27.3 Å². The molecule has 7 nitrogen and oxygen atoms in total. The smallest absolute Gasteiger partial charge is 0.223 e. The number of piperazine rings is 1. The maximum Gasteiger partial charge on any atom is 0.223 e. The summed E-state index contributed by atoms with van der Waals surface area (Å²) >= 11 is 0. The van der Waals surface area contributed by atoms with E-state index < -0.39 is 9.84 Å². The molecule has 0 radical (unpaired) electrons. The van der Waals surface area contributed by atoms with Crippen molar-refractivity contribution in [3.8, 4) is 0 Å². The van der Waals surface area contributed by atoms with Crippen LogP contribution in [0, 0.1) is 0 Å². The molecule has 1 fully saturated rings. The highest BCUT2D eigenvalue weighted by Crippen LogP contribution is 2.16. The van der Waals surface area contributed by atoms with Crippen LogP contribution in [0.2, 0.25) is 0 Å². The summed E-state index contributed by atoms with van der Waals surface area (Å²) < 4.78 is 24.8. The van der Waals surface area contributed by atoms with Gasteiger partial charge in [-0.2, -0.15) is 0 Å². The average molecular weight is 367 g/mol. The zero-order valence-corrected chi connectivity index (χ0v) is 15.5. The molecule has 1 aliphatic rings. The summed E-state index contributed by atoms with van der Waals surface area (Å²) in [6.45, 7) is 7.40. The molecule has 1 aromatic rings. The van der Waals surface area contributed by atoms with Crippen LogP contribution in [-0.2, 0) is 19.4 Å². The van der Waals surface area contributed by atoms with Gasteiger partial charge in [-0.25, -0.2) is 8.42 Å². The van der Waals surface area contributed by atoms with Crippen LogP contribution >= 0.6 is 0 Å². The van der Waals surface area contributed by atoms with Crippen molar-refractivity contribution in [1.82, 2.24) is 9.80 Å². The zero-order chi connectivity index (χ0) is 18.4. The van der Waals surface area contributed by atoms with Gasteiger partial charge in [-0.15, -0.1) is 0 Å². The van der Waals surface area contributed by atoms with Crippen molar-refractivity contribution in [2.45, 2.75) is 25.2 Å². The molecule has 138 valence electrons. The molecular weight excluding hydrogens is 342 g/mol. The number of benzene rings is 1. The van der Waals surface area contributed by atoms with Gasteiger partial charge >= 0.3 is 0 Å². The molecule has 1 aromatic carbocycles. The fourth-order valence-corrected chi connectivity index (χ4v) is 3.99. The Hall–Kier alpha value is -1.93. The van der Waals surface area contributed by atoms with Gasteiger partial charge in [0.2, 0.25) is 11.8 Å². The number of rotatable bonds is 6. The minimum absolute atomic E-state index is 0.0120. The molecule has 8 heteroatoms. The number of amides is 2. The molecule has 0 saturated carbocycles. The van der Waals surface area contributed by atoms with Gasteiger partial charge in [0, 0.05) is 45.2 Å². The Bertz CT molecular complexity index is 708. The average Bonchev–Trinajstić information content (AvgIpc) is 2.60. The van der Waals surface area contributed by atoms with E-state index in [9.17, 15) is 18.0 Å². The van der Waals surface area contributed by atoms with Gasteiger partial charge in [-0.3, -0.25) is 9.59 Å². The van der Waals surface area contributed by atoms with Crippen LogP contribution in [0.3, 0.4) is 0 Å². The number of carbonyl (C=O) groups is 2. The number of nitrogens with one attached hydrogen (secondary N) is 1. The number of anilines is 1. The van der Waals surface area contributed by atoms with Crippen LogP contribution in [0.25, 0.3) is 0 Å². The van der Waals surface area contributed by atoms with Crippen molar-refractivity contribution in [1.29, 1.82) is 0 Å². The third kappa shape index (κ3) is 5.54. The summed E-state index contributed by atoms with van der Waals surface area (Å²) in [7, 11) is -3.53. The summed E-state index contributed by atoms with van der Waals surface area (Å²) in [6.07, 6.45) is -0.0120. The highest BCUT2D eigenvalue weighted by Gasteiger charge is 2.23. The van der Waals surface area contributed by atoms with Gasteiger partial charge < -0.3 is 15.1 Å². The number of hydrogen-bond donors (Lipinski definition) is 1. The van der Waals surface area contributed by atoms with Crippen LogP contribution in [0.15, 0.2) is 29.2 Å². The standard InChI is InChI=1S/C17H25N3O4S/c1-3-19-9-11-20(12-10-19)17(22)8-13-25(23,24)16-6-4-15(5-7-16)18-14(2)21/h4-7H,3,8-13H2,1-2H3,(H,18,21). The molecule has 2 amide bonds. The molecule has 1 N–H and O–H groups in total. The van der Waals surface area contributed by atoms with Gasteiger partial charge in [0.15, 0.2) is 9.84 Å². The number of carbonyl (C=O) groups excluding carboxylic acids is 2. The Morgan fingerprint density at radius 1 is 1.08 bits per heavy atom. The predicted molar refractivity (Wildman–Crippen MR) is 96.1 cm³/mol. The molecule has 2 rings (SSSR count). The van der Waals surface area contributed by atoms with Crippen LogP contribution in [0.1, 0.15) is 20.3 Å². The van der Waals surface area contributed by atoms with E-state index in [0.717, 1.165) is 19.6 Å². The zero-order valence-electron chi connectivity index (χ0n) is 14.7. The lowest BCUT2D eigenvalue weighted by Gasteiger charge is -2.34. The van der Waals surface area contributed by atoms with Crippen molar-refractivity contribution in [2.24, 2.45) is 0 Å². The van der Waals surface area contributed by atoms with Gasteiger partial charge in [0.1, 0.15) is 0 Å². The quantitative estimate of drug-likeness (QED) is 0.810. The van der Waals surface area contributed by atoms with Crippen LogP contribution < -0.4 is 5.32 Å². The molecule has 1 saturated heterocycles. The summed E-state index contributed by atoms with van der Waals surface area (Å²) in [6, 6.07) is 5.98. The van der Waals surface area contributed by atoms with E-state index in [1.54, 1.807) is 17.0 Å². The molecule has 1 heterocycles. The Morgan fingerprint density at radius 3 is 2.20 bits per heavy atom. The largest absolute Gasteiger partial charge is 0.340 e. The molecule has 0 bridgehead atoms. The Balaban J connectivity index is 1.90. The Labute approximate surface area is 148 Å². The minimum atomic E-state index is -3.53. The number of nitrogens with zero attached hydrogens (tertiary/aromatic N) is 2. The first-order chi connectivity index (χ1) is 11.8. The van der Waals surface area contributed by atoms with E-state index in [2.05, 4.69) is 17.1 Å². The molecular formula is C17H25N3O4S. The van der Waals surface area contributed by atoms with Gasteiger partial charge in [-0.1, -0.05) is 6.92 Å². The monoisotopic (exact) mass is 367 g/mol. The highest BCUT2D eigenvalue weighted by atomic mass is 32.2. The molecule has 0 spiro atoms. The molecule has 25 heavy (non-hydrogen) atoms.